The zero-order valence-corrected chi connectivity index (χ0v) is 9.48. The van der Waals surface area contributed by atoms with Crippen LogP contribution in [0, 0.1) is 5.92 Å². The van der Waals surface area contributed by atoms with Gasteiger partial charge in [0.2, 0.25) is 0 Å². The molecule has 84 valence electrons. The van der Waals surface area contributed by atoms with Gasteiger partial charge in [-0.05, 0) is 32.1 Å². The van der Waals surface area contributed by atoms with Gasteiger partial charge in [-0.3, -0.25) is 4.90 Å². The molecule has 3 atom stereocenters. The van der Waals surface area contributed by atoms with Crippen LogP contribution in [0.15, 0.2) is 12.2 Å². The fourth-order valence-electron chi connectivity index (χ4n) is 2.80. The second-order valence-corrected chi connectivity index (χ2v) is 4.28. The first kappa shape index (κ1) is 10.5. The Morgan fingerprint density at radius 1 is 1.40 bits per heavy atom. The summed E-state index contributed by atoms with van der Waals surface area (Å²) in [6.07, 6.45) is 7.63. The van der Waals surface area contributed by atoms with Crippen molar-refractivity contribution in [2.24, 2.45) is 5.92 Å². The first-order chi connectivity index (χ1) is 7.27. The van der Waals surface area contributed by atoms with Crippen LogP contribution in [-0.4, -0.2) is 29.7 Å². The van der Waals surface area contributed by atoms with Gasteiger partial charge in [0.05, 0.1) is 12.6 Å². The molecule has 0 aromatic heterocycles. The second kappa shape index (κ2) is 4.25. The smallest absolute Gasteiger partial charge is 0.410 e. The standard InChI is InChI=1S/C12H19NO2/c1-3-11-9-5-7-10(8-6-9)13(11)12(14)15-4-2/h5,7,9-11H,3-4,6,8H2,1-2H3/t9-,10-,11-/m0/s1. The normalized spacial score (nSPS) is 33.2. The van der Waals surface area contributed by atoms with Crippen molar-refractivity contribution in [1.29, 1.82) is 0 Å². The Kier molecular flexibility index (Phi) is 2.98. The summed E-state index contributed by atoms with van der Waals surface area (Å²) in [5.41, 5.74) is 0. The minimum atomic E-state index is -0.136. The van der Waals surface area contributed by atoms with Crippen LogP contribution >= 0.6 is 0 Å². The maximum atomic E-state index is 11.8. The molecule has 2 aliphatic heterocycles. The maximum Gasteiger partial charge on any atom is 0.410 e. The molecule has 0 aromatic rings. The largest absolute Gasteiger partial charge is 0.450 e. The molecule has 3 rings (SSSR count). The lowest BCUT2D eigenvalue weighted by Crippen LogP contribution is -2.55. The molecule has 0 N–H and O–H groups in total. The third-order valence-corrected chi connectivity index (χ3v) is 3.48. The zero-order valence-electron chi connectivity index (χ0n) is 9.48. The Bertz CT molecular complexity index is 275. The molecule has 1 amide bonds. The number of carbonyl (C=O) groups is 1. The van der Waals surface area contributed by atoms with E-state index in [9.17, 15) is 4.79 Å². The first-order valence-corrected chi connectivity index (χ1v) is 5.91. The minimum Gasteiger partial charge on any atom is -0.450 e. The summed E-state index contributed by atoms with van der Waals surface area (Å²) in [4.78, 5) is 13.8. The molecule has 0 saturated carbocycles. The summed E-state index contributed by atoms with van der Waals surface area (Å²) in [6, 6.07) is 0.631. The fraction of sp³-hybridized carbons (Fsp3) is 0.750. The molecule has 0 spiro atoms. The SMILES string of the molecule is CCOC(=O)N1[C@H]2C=C[C@@H](CC2)[C@@H]1CC. The number of fused-ring (bicyclic) bond motifs is 2. The van der Waals surface area contributed by atoms with Crippen molar-refractivity contribution in [3.8, 4) is 0 Å². The monoisotopic (exact) mass is 209 g/mol. The molecule has 0 unspecified atom stereocenters. The van der Waals surface area contributed by atoms with Crippen molar-refractivity contribution in [2.45, 2.75) is 45.2 Å². The molecule has 3 aliphatic rings. The first-order valence-electron chi connectivity index (χ1n) is 5.91. The van der Waals surface area contributed by atoms with E-state index in [-0.39, 0.29) is 12.1 Å². The topological polar surface area (TPSA) is 29.5 Å². The molecular weight excluding hydrogens is 190 g/mol. The number of hydrogen-bond donors (Lipinski definition) is 0. The van der Waals surface area contributed by atoms with Crippen molar-refractivity contribution in [2.75, 3.05) is 6.61 Å². The summed E-state index contributed by atoms with van der Waals surface area (Å²) in [6.45, 7) is 4.47. The third kappa shape index (κ3) is 1.75. The number of piperidine rings is 1. The molecule has 3 nitrogen and oxygen atoms in total. The lowest BCUT2D eigenvalue weighted by atomic mass is 9.79. The second-order valence-electron chi connectivity index (χ2n) is 4.28. The lowest BCUT2D eigenvalue weighted by molar-refractivity contribution is 0.0380. The highest BCUT2D eigenvalue weighted by molar-refractivity contribution is 5.69. The van der Waals surface area contributed by atoms with E-state index in [4.69, 9.17) is 4.74 Å². The Morgan fingerprint density at radius 2 is 2.20 bits per heavy atom. The highest BCUT2D eigenvalue weighted by atomic mass is 16.6. The Balaban J connectivity index is 2.15. The van der Waals surface area contributed by atoms with E-state index in [1.165, 1.54) is 6.42 Å². The van der Waals surface area contributed by atoms with Gasteiger partial charge in [0.25, 0.3) is 0 Å². The molecule has 15 heavy (non-hydrogen) atoms. The van der Waals surface area contributed by atoms with Crippen molar-refractivity contribution < 1.29 is 9.53 Å². The number of rotatable bonds is 2. The molecular formula is C12H19NO2. The van der Waals surface area contributed by atoms with Gasteiger partial charge in [0.1, 0.15) is 0 Å². The van der Waals surface area contributed by atoms with Crippen molar-refractivity contribution in [3.05, 3.63) is 12.2 Å². The molecule has 2 heterocycles. The summed E-state index contributed by atoms with van der Waals surface area (Å²) < 4.78 is 5.12. The quantitative estimate of drug-likeness (QED) is 0.654. The molecule has 0 radical (unpaired) electrons. The van der Waals surface area contributed by atoms with Crippen LogP contribution in [0.2, 0.25) is 0 Å². The minimum absolute atomic E-state index is 0.136. The van der Waals surface area contributed by atoms with Crippen molar-refractivity contribution in [1.82, 2.24) is 4.90 Å². The Morgan fingerprint density at radius 3 is 2.73 bits per heavy atom. The summed E-state index contributed by atoms with van der Waals surface area (Å²) in [5.74, 6) is 0.546. The van der Waals surface area contributed by atoms with Crippen LogP contribution in [0.25, 0.3) is 0 Å². The average molecular weight is 209 g/mol. The summed E-state index contributed by atoms with van der Waals surface area (Å²) in [5, 5.41) is 0. The summed E-state index contributed by atoms with van der Waals surface area (Å²) in [7, 11) is 0. The molecule has 3 heteroatoms. The molecule has 1 saturated heterocycles. The molecule has 1 fully saturated rings. The van der Waals surface area contributed by atoms with E-state index in [1.807, 2.05) is 11.8 Å². The number of nitrogens with zero attached hydrogens (tertiary/aromatic N) is 1. The van der Waals surface area contributed by atoms with Crippen LogP contribution in [0.3, 0.4) is 0 Å². The Labute approximate surface area is 91.1 Å². The Hall–Kier alpha value is -0.990. The van der Waals surface area contributed by atoms with Crippen LogP contribution in [0.4, 0.5) is 4.79 Å². The maximum absolute atomic E-state index is 11.8. The average Bonchev–Trinajstić information content (AvgIpc) is 2.29. The van der Waals surface area contributed by atoms with Gasteiger partial charge in [-0.2, -0.15) is 0 Å². The fourth-order valence-corrected chi connectivity index (χ4v) is 2.80. The van der Waals surface area contributed by atoms with Crippen molar-refractivity contribution in [3.63, 3.8) is 0 Å². The van der Waals surface area contributed by atoms with Gasteiger partial charge in [0, 0.05) is 6.04 Å². The van der Waals surface area contributed by atoms with Gasteiger partial charge in [-0.15, -0.1) is 0 Å². The predicted molar refractivity (Wildman–Crippen MR) is 58.6 cm³/mol. The molecule has 1 aliphatic carbocycles. The van der Waals surface area contributed by atoms with Crippen LogP contribution < -0.4 is 0 Å². The number of ether oxygens (including phenoxy) is 1. The predicted octanol–water partition coefficient (Wildman–Crippen LogP) is 2.57. The van der Waals surface area contributed by atoms with Crippen molar-refractivity contribution >= 4 is 6.09 Å². The van der Waals surface area contributed by atoms with Crippen LogP contribution in [0.1, 0.15) is 33.1 Å². The lowest BCUT2D eigenvalue weighted by Gasteiger charge is -2.47. The van der Waals surface area contributed by atoms with Gasteiger partial charge in [0.15, 0.2) is 0 Å². The third-order valence-electron chi connectivity index (χ3n) is 3.48. The van der Waals surface area contributed by atoms with Crippen LogP contribution in [0.5, 0.6) is 0 Å². The van der Waals surface area contributed by atoms with Gasteiger partial charge in [-0.25, -0.2) is 4.79 Å². The van der Waals surface area contributed by atoms with E-state index in [2.05, 4.69) is 19.1 Å². The molecule has 0 aromatic carbocycles. The number of carbonyl (C=O) groups excluding carboxylic acids is 1. The van der Waals surface area contributed by atoms with Crippen LogP contribution in [-0.2, 0) is 4.74 Å². The van der Waals surface area contributed by atoms with E-state index in [0.717, 1.165) is 12.8 Å². The van der Waals surface area contributed by atoms with Gasteiger partial charge >= 0.3 is 6.09 Å². The van der Waals surface area contributed by atoms with E-state index < -0.39 is 0 Å². The molecule has 2 bridgehead atoms. The van der Waals surface area contributed by atoms with Gasteiger partial charge in [-0.1, -0.05) is 19.1 Å². The van der Waals surface area contributed by atoms with E-state index in [0.29, 0.717) is 18.6 Å². The van der Waals surface area contributed by atoms with Gasteiger partial charge < -0.3 is 4.74 Å². The van der Waals surface area contributed by atoms with E-state index >= 15 is 0 Å². The number of amides is 1. The highest BCUT2D eigenvalue weighted by Crippen LogP contribution is 2.36. The zero-order chi connectivity index (χ0) is 10.8. The van der Waals surface area contributed by atoms with E-state index in [1.54, 1.807) is 0 Å². The summed E-state index contributed by atoms with van der Waals surface area (Å²) >= 11 is 0. The number of hydrogen-bond acceptors (Lipinski definition) is 2. The highest BCUT2D eigenvalue weighted by Gasteiger charge is 2.40.